The van der Waals surface area contributed by atoms with Gasteiger partial charge in [0, 0.05) is 27.5 Å². The molecule has 2 aromatic heterocycles. The predicted molar refractivity (Wildman–Crippen MR) is 197 cm³/mol. The molecule has 4 heteroatoms. The van der Waals surface area contributed by atoms with Crippen molar-refractivity contribution in [2.75, 3.05) is 0 Å². The normalized spacial score (nSPS) is 13.5. The van der Waals surface area contributed by atoms with E-state index in [2.05, 4.69) is 31.2 Å². The van der Waals surface area contributed by atoms with Gasteiger partial charge in [-0.15, -0.1) is 0 Å². The number of furan rings is 1. The van der Waals surface area contributed by atoms with Crippen molar-refractivity contribution < 1.29 is 14.0 Å². The fraction of sp³-hybridized carbons (Fsp3) is 0.0227. The van der Waals surface area contributed by atoms with E-state index in [0.29, 0.717) is 34.2 Å². The lowest BCUT2D eigenvalue weighted by Gasteiger charge is -2.11. The Bertz CT molecular complexity index is 2990. The smallest absolute Gasteiger partial charge is 0.164 e. The van der Waals surface area contributed by atoms with Gasteiger partial charge in [-0.05, 0) is 52.1 Å². The van der Waals surface area contributed by atoms with Gasteiger partial charge >= 0.3 is 0 Å². The minimum Gasteiger partial charge on any atom is -0.456 e. The summed E-state index contributed by atoms with van der Waals surface area (Å²) in [4.78, 5) is 15.0. The lowest BCUT2D eigenvalue weighted by Crippen LogP contribution is -2.00. The van der Waals surface area contributed by atoms with Gasteiger partial charge in [-0.3, -0.25) is 0 Å². The molecule has 48 heavy (non-hydrogen) atoms. The number of aryl methyl sites for hydroxylation is 1. The minimum absolute atomic E-state index is 0.0315. The van der Waals surface area contributed by atoms with E-state index < -0.39 is 30.2 Å². The Balaban J connectivity index is 1.21. The standard InChI is InChI=1S/C44H29N3O/c1-28-16-18-29(19-17-28)30-20-24-33(25-21-30)42-45-43(34-26-22-32(23-27-34)36-12-6-9-31-8-2-3-10-35(31)36)47-44(46-42)38-13-7-15-40-41(38)37-11-4-5-14-39(37)48-40/h2-27H,1H3/i2D,3D,6D,8D,9D,10D,12D. The Hall–Kier alpha value is -6.39. The zero-order valence-electron chi connectivity index (χ0n) is 32.7. The maximum absolute atomic E-state index is 8.80. The van der Waals surface area contributed by atoms with E-state index in [1.165, 1.54) is 5.56 Å². The molecule has 9 aromatic rings. The highest BCUT2D eigenvalue weighted by Gasteiger charge is 2.18. The van der Waals surface area contributed by atoms with Crippen LogP contribution < -0.4 is 0 Å². The third-order valence-corrected chi connectivity index (χ3v) is 8.55. The molecule has 0 aliphatic heterocycles. The molecule has 7 aromatic carbocycles. The van der Waals surface area contributed by atoms with Gasteiger partial charge in [-0.1, -0.05) is 151 Å². The van der Waals surface area contributed by atoms with E-state index in [1.807, 2.05) is 66.7 Å². The monoisotopic (exact) mass is 622 g/mol. The lowest BCUT2D eigenvalue weighted by molar-refractivity contribution is 0.669. The number of aromatic nitrogens is 3. The Morgan fingerprint density at radius 2 is 1.04 bits per heavy atom. The molecule has 0 radical (unpaired) electrons. The average molecular weight is 623 g/mol. The summed E-state index contributed by atoms with van der Waals surface area (Å²) in [5, 5.41) is 1.76. The second-order valence-electron chi connectivity index (χ2n) is 11.6. The third kappa shape index (κ3) is 4.91. The summed E-state index contributed by atoms with van der Waals surface area (Å²) in [6, 6.07) is 34.2. The molecule has 0 bridgehead atoms. The highest BCUT2D eigenvalue weighted by atomic mass is 16.3. The number of hydrogen-bond acceptors (Lipinski definition) is 4. The number of rotatable bonds is 5. The molecule has 0 atom stereocenters. The minimum atomic E-state index is -0.491. The molecule has 4 nitrogen and oxygen atoms in total. The van der Waals surface area contributed by atoms with E-state index in [9.17, 15) is 0 Å². The van der Waals surface area contributed by atoms with Crippen LogP contribution in [-0.2, 0) is 0 Å². The second-order valence-corrected chi connectivity index (χ2v) is 11.6. The van der Waals surface area contributed by atoms with Crippen molar-refractivity contribution >= 4 is 32.7 Å². The van der Waals surface area contributed by atoms with Crippen molar-refractivity contribution in [3.8, 4) is 56.4 Å². The third-order valence-electron chi connectivity index (χ3n) is 8.55. The van der Waals surface area contributed by atoms with Crippen LogP contribution in [0.1, 0.15) is 15.2 Å². The second kappa shape index (κ2) is 11.4. The van der Waals surface area contributed by atoms with Crippen molar-refractivity contribution in [1.29, 1.82) is 0 Å². The molecule has 0 fully saturated rings. The quantitative estimate of drug-likeness (QED) is 0.192. The Labute approximate surface area is 287 Å². The summed E-state index contributed by atoms with van der Waals surface area (Å²) in [5.41, 5.74) is 7.61. The topological polar surface area (TPSA) is 51.8 Å². The van der Waals surface area contributed by atoms with Crippen LogP contribution in [-0.4, -0.2) is 15.0 Å². The number of hydrogen-bond donors (Lipinski definition) is 0. The Kier molecular flexibility index (Phi) is 5.11. The van der Waals surface area contributed by atoms with Crippen LogP contribution in [0.2, 0.25) is 0 Å². The molecule has 226 valence electrons. The summed E-state index contributed by atoms with van der Waals surface area (Å²) in [5.74, 6) is 1.30. The van der Waals surface area contributed by atoms with Gasteiger partial charge in [-0.2, -0.15) is 0 Å². The molecule has 0 N–H and O–H groups in total. The Morgan fingerprint density at radius 1 is 0.458 bits per heavy atom. The van der Waals surface area contributed by atoms with Crippen LogP contribution >= 0.6 is 0 Å². The molecular formula is C44H29N3O. The van der Waals surface area contributed by atoms with Crippen LogP contribution in [0.25, 0.3) is 89.1 Å². The molecular weight excluding hydrogens is 587 g/mol. The van der Waals surface area contributed by atoms with Gasteiger partial charge in [0.2, 0.25) is 0 Å². The van der Waals surface area contributed by atoms with Gasteiger partial charge in [0.1, 0.15) is 11.2 Å². The first-order chi connectivity index (χ1) is 26.6. The molecule has 2 heterocycles. The van der Waals surface area contributed by atoms with Crippen molar-refractivity contribution in [2.24, 2.45) is 0 Å². The van der Waals surface area contributed by atoms with Gasteiger partial charge in [0.05, 0.1) is 9.60 Å². The first-order valence-electron chi connectivity index (χ1n) is 19.0. The van der Waals surface area contributed by atoms with Gasteiger partial charge < -0.3 is 4.42 Å². The average Bonchev–Trinajstić information content (AvgIpc) is 3.60. The van der Waals surface area contributed by atoms with E-state index in [0.717, 1.165) is 38.6 Å². The van der Waals surface area contributed by atoms with Crippen molar-refractivity contribution in [1.82, 2.24) is 15.0 Å². The summed E-state index contributed by atoms with van der Waals surface area (Å²) in [6.45, 7) is 2.06. The van der Waals surface area contributed by atoms with Crippen LogP contribution in [0, 0.1) is 6.92 Å². The van der Waals surface area contributed by atoms with Gasteiger partial charge in [0.25, 0.3) is 0 Å². The maximum Gasteiger partial charge on any atom is 0.164 e. The molecule has 0 aliphatic rings. The van der Waals surface area contributed by atoms with E-state index in [4.69, 9.17) is 29.0 Å². The van der Waals surface area contributed by atoms with Crippen molar-refractivity contribution in [3.63, 3.8) is 0 Å². The molecule has 0 aliphatic carbocycles. The SMILES string of the molecule is [2H]c1c([2H])c([2H])c2c(-c3ccc(-c4nc(-c5ccc(-c6ccc(C)cc6)cc5)nc(-c5cccc6oc7ccccc7c56)n4)cc3)c([2H])c([2H])c([2H])c2c1[2H]. The number of fused-ring (bicyclic) bond motifs is 4. The van der Waals surface area contributed by atoms with Crippen LogP contribution in [0.3, 0.4) is 0 Å². The molecule has 9 rings (SSSR count). The van der Waals surface area contributed by atoms with Crippen LogP contribution in [0.5, 0.6) is 0 Å². The lowest BCUT2D eigenvalue weighted by atomic mass is 9.97. The van der Waals surface area contributed by atoms with Crippen molar-refractivity contribution in [2.45, 2.75) is 6.92 Å². The van der Waals surface area contributed by atoms with Crippen LogP contribution in [0.4, 0.5) is 0 Å². The molecule has 0 amide bonds. The van der Waals surface area contributed by atoms with Crippen molar-refractivity contribution in [3.05, 3.63) is 163 Å². The van der Waals surface area contributed by atoms with E-state index in [-0.39, 0.29) is 28.4 Å². The Morgan fingerprint density at radius 3 is 1.79 bits per heavy atom. The fourth-order valence-electron chi connectivity index (χ4n) is 6.09. The highest BCUT2D eigenvalue weighted by Crippen LogP contribution is 2.37. The largest absolute Gasteiger partial charge is 0.456 e. The van der Waals surface area contributed by atoms with E-state index >= 15 is 0 Å². The zero-order chi connectivity index (χ0) is 38.1. The molecule has 0 unspecified atom stereocenters. The predicted octanol–water partition coefficient (Wildman–Crippen LogP) is 11.6. The fourth-order valence-corrected chi connectivity index (χ4v) is 6.09. The molecule has 0 saturated carbocycles. The summed E-state index contributed by atoms with van der Waals surface area (Å²) < 4.78 is 65.6. The van der Waals surface area contributed by atoms with E-state index in [1.54, 1.807) is 24.3 Å². The number of benzene rings is 7. The molecule has 0 saturated heterocycles. The molecule has 0 spiro atoms. The summed E-state index contributed by atoms with van der Waals surface area (Å²) in [6.07, 6.45) is 0. The first-order valence-corrected chi connectivity index (χ1v) is 15.5. The summed E-state index contributed by atoms with van der Waals surface area (Å²) >= 11 is 0. The number of para-hydroxylation sites is 1. The zero-order valence-corrected chi connectivity index (χ0v) is 25.7. The van der Waals surface area contributed by atoms with Gasteiger partial charge in [0.15, 0.2) is 17.5 Å². The van der Waals surface area contributed by atoms with Crippen LogP contribution in [0.15, 0.2) is 162 Å². The number of nitrogens with zero attached hydrogens (tertiary/aromatic N) is 3. The maximum atomic E-state index is 8.80. The highest BCUT2D eigenvalue weighted by molar-refractivity contribution is 6.11. The van der Waals surface area contributed by atoms with Gasteiger partial charge in [-0.25, -0.2) is 15.0 Å². The summed E-state index contributed by atoms with van der Waals surface area (Å²) in [7, 11) is 0. The first kappa shape index (κ1) is 21.4.